The highest BCUT2D eigenvalue weighted by atomic mass is 16.5. The van der Waals surface area contributed by atoms with Crippen LogP contribution in [0.15, 0.2) is 60.7 Å². The van der Waals surface area contributed by atoms with Crippen LogP contribution in [0.4, 0.5) is 0 Å². The summed E-state index contributed by atoms with van der Waals surface area (Å²) in [5.41, 5.74) is 2.97. The van der Waals surface area contributed by atoms with Gasteiger partial charge in [0.25, 0.3) is 11.8 Å². The molecular weight excluding hydrogens is 344 g/mol. The van der Waals surface area contributed by atoms with E-state index in [1.165, 1.54) is 6.08 Å². The molecule has 2 aromatic carbocycles. The van der Waals surface area contributed by atoms with Crippen molar-refractivity contribution in [2.24, 2.45) is 0 Å². The van der Waals surface area contributed by atoms with E-state index in [-0.39, 0.29) is 12.0 Å². The quantitative estimate of drug-likeness (QED) is 0.484. The maximum Gasteiger partial charge on any atom is 0.267 e. The third-order valence-electron chi connectivity index (χ3n) is 4.42. The van der Waals surface area contributed by atoms with Gasteiger partial charge in [0.2, 0.25) is 0 Å². The molecule has 0 spiro atoms. The summed E-state index contributed by atoms with van der Waals surface area (Å²) in [6.07, 6.45) is 4.42. The molecule has 0 aromatic heterocycles. The molecule has 6 heteroatoms. The predicted molar refractivity (Wildman–Crippen MR) is 101 cm³/mol. The van der Waals surface area contributed by atoms with Crippen molar-refractivity contribution in [2.75, 3.05) is 13.1 Å². The van der Waals surface area contributed by atoms with Crippen molar-refractivity contribution in [1.82, 2.24) is 10.4 Å². The zero-order valence-electron chi connectivity index (χ0n) is 14.9. The zero-order valence-corrected chi connectivity index (χ0v) is 14.9. The van der Waals surface area contributed by atoms with E-state index in [4.69, 9.17) is 9.94 Å². The van der Waals surface area contributed by atoms with Crippen LogP contribution < -0.4 is 10.2 Å². The Morgan fingerprint density at radius 2 is 1.85 bits per heavy atom. The number of amides is 2. The Labute approximate surface area is 158 Å². The molecule has 3 rings (SSSR count). The number of nitrogens with one attached hydrogen (secondary N) is 1. The fraction of sp³-hybridized carbons (Fsp3) is 0.238. The van der Waals surface area contributed by atoms with Gasteiger partial charge in [-0.25, -0.2) is 5.48 Å². The van der Waals surface area contributed by atoms with E-state index in [0.717, 1.165) is 18.4 Å². The number of ether oxygens (including phenoxy) is 1. The number of para-hydroxylation sites is 1. The molecule has 0 radical (unpaired) electrons. The number of benzene rings is 2. The van der Waals surface area contributed by atoms with Gasteiger partial charge < -0.3 is 9.64 Å². The van der Waals surface area contributed by atoms with E-state index < -0.39 is 5.91 Å². The lowest BCUT2D eigenvalue weighted by molar-refractivity contribution is -0.124. The molecule has 6 nitrogen and oxygen atoms in total. The molecular formula is C21H22N2O4. The van der Waals surface area contributed by atoms with Crippen molar-refractivity contribution in [1.29, 1.82) is 0 Å². The summed E-state index contributed by atoms with van der Waals surface area (Å²) in [4.78, 5) is 25.7. The van der Waals surface area contributed by atoms with Gasteiger partial charge in [0.1, 0.15) is 11.9 Å². The van der Waals surface area contributed by atoms with E-state index >= 15 is 0 Å². The molecule has 0 unspecified atom stereocenters. The molecule has 1 atom stereocenters. The van der Waals surface area contributed by atoms with Gasteiger partial charge in [0, 0.05) is 23.7 Å². The Balaban J connectivity index is 1.69. The smallest absolute Gasteiger partial charge is 0.267 e. The second-order valence-corrected chi connectivity index (χ2v) is 6.35. The molecule has 27 heavy (non-hydrogen) atoms. The van der Waals surface area contributed by atoms with Gasteiger partial charge in [-0.15, -0.1) is 0 Å². The summed E-state index contributed by atoms with van der Waals surface area (Å²) >= 11 is 0. The highest BCUT2D eigenvalue weighted by Gasteiger charge is 2.26. The Hall–Kier alpha value is -3.12. The molecule has 1 aliphatic rings. The van der Waals surface area contributed by atoms with Crippen LogP contribution in [-0.2, 0) is 4.79 Å². The number of carbonyl (C=O) groups is 2. The average molecular weight is 366 g/mol. The summed E-state index contributed by atoms with van der Waals surface area (Å²) in [6, 6.07) is 16.6. The van der Waals surface area contributed by atoms with Crippen LogP contribution in [0.3, 0.4) is 0 Å². The molecule has 0 saturated carbocycles. The molecule has 0 aliphatic carbocycles. The van der Waals surface area contributed by atoms with E-state index in [2.05, 4.69) is 0 Å². The first-order chi connectivity index (χ1) is 13.2. The third-order valence-corrected chi connectivity index (χ3v) is 4.42. The van der Waals surface area contributed by atoms with Crippen LogP contribution >= 0.6 is 0 Å². The number of nitrogens with zero attached hydrogens (tertiary/aromatic N) is 1. The number of piperidine rings is 1. The number of hydrogen-bond acceptors (Lipinski definition) is 4. The van der Waals surface area contributed by atoms with Gasteiger partial charge in [0.15, 0.2) is 0 Å². The summed E-state index contributed by atoms with van der Waals surface area (Å²) in [5, 5.41) is 8.60. The van der Waals surface area contributed by atoms with Crippen LogP contribution in [0.2, 0.25) is 0 Å². The summed E-state index contributed by atoms with van der Waals surface area (Å²) in [7, 11) is 0. The topological polar surface area (TPSA) is 78.9 Å². The number of hydrogen-bond donors (Lipinski definition) is 2. The lowest BCUT2D eigenvalue weighted by Crippen LogP contribution is -2.44. The molecule has 1 fully saturated rings. The first-order valence-electron chi connectivity index (χ1n) is 8.89. The molecule has 1 heterocycles. The van der Waals surface area contributed by atoms with Gasteiger partial charge in [-0.2, -0.15) is 0 Å². The normalized spacial score (nSPS) is 16.9. The van der Waals surface area contributed by atoms with Crippen molar-refractivity contribution >= 4 is 17.9 Å². The summed E-state index contributed by atoms with van der Waals surface area (Å²) < 4.78 is 6.13. The van der Waals surface area contributed by atoms with E-state index in [1.807, 2.05) is 59.5 Å². The molecule has 2 amide bonds. The highest BCUT2D eigenvalue weighted by molar-refractivity contribution is 5.94. The minimum atomic E-state index is -0.609. The summed E-state index contributed by atoms with van der Waals surface area (Å²) in [6.45, 7) is 1.23. The average Bonchev–Trinajstić information content (AvgIpc) is 2.73. The maximum atomic E-state index is 12.7. The van der Waals surface area contributed by atoms with Gasteiger partial charge >= 0.3 is 0 Å². The largest absolute Gasteiger partial charge is 0.488 e. The van der Waals surface area contributed by atoms with Gasteiger partial charge in [-0.3, -0.25) is 14.8 Å². The molecule has 1 aliphatic heterocycles. The van der Waals surface area contributed by atoms with Crippen LogP contribution in [0.25, 0.3) is 6.08 Å². The number of likely N-dealkylation sites (tertiary alicyclic amines) is 1. The Kier molecular flexibility index (Phi) is 6.22. The minimum absolute atomic E-state index is 0.0108. The Morgan fingerprint density at radius 1 is 1.11 bits per heavy atom. The zero-order chi connectivity index (χ0) is 19.1. The number of carbonyl (C=O) groups excluding carboxylic acids is 2. The predicted octanol–water partition coefficient (Wildman–Crippen LogP) is 2.89. The van der Waals surface area contributed by atoms with Crippen LogP contribution in [0.1, 0.15) is 28.8 Å². The van der Waals surface area contributed by atoms with Crippen molar-refractivity contribution in [3.05, 3.63) is 71.8 Å². The van der Waals surface area contributed by atoms with Crippen molar-refractivity contribution < 1.29 is 19.5 Å². The minimum Gasteiger partial charge on any atom is -0.488 e. The molecule has 0 bridgehead atoms. The van der Waals surface area contributed by atoms with E-state index in [0.29, 0.717) is 24.4 Å². The van der Waals surface area contributed by atoms with Crippen molar-refractivity contribution in [3.8, 4) is 5.75 Å². The first-order valence-corrected chi connectivity index (χ1v) is 8.89. The lowest BCUT2D eigenvalue weighted by atomic mass is 10.1. The fourth-order valence-electron chi connectivity index (χ4n) is 3.09. The standard InChI is InChI=1S/C21H22N2O4/c24-20(22-26)13-12-16-7-4-5-11-19(16)27-18-10-6-14-23(15-18)21(25)17-8-2-1-3-9-17/h1-5,7-9,11-13,18,26H,6,10,14-15H2,(H,22,24)/t18-/m1/s1. The maximum absolute atomic E-state index is 12.7. The number of rotatable bonds is 5. The Morgan fingerprint density at radius 3 is 2.63 bits per heavy atom. The van der Waals surface area contributed by atoms with Gasteiger partial charge in [-0.1, -0.05) is 36.4 Å². The molecule has 2 aromatic rings. The van der Waals surface area contributed by atoms with Crippen molar-refractivity contribution in [2.45, 2.75) is 18.9 Å². The van der Waals surface area contributed by atoms with Crippen LogP contribution in [0.5, 0.6) is 5.75 Å². The molecule has 1 saturated heterocycles. The van der Waals surface area contributed by atoms with E-state index in [1.54, 1.807) is 11.6 Å². The lowest BCUT2D eigenvalue weighted by Gasteiger charge is -2.33. The Bertz CT molecular complexity index is 820. The summed E-state index contributed by atoms with van der Waals surface area (Å²) in [5.74, 6) is 0.0392. The van der Waals surface area contributed by atoms with Crippen molar-refractivity contribution in [3.63, 3.8) is 0 Å². The number of hydroxylamine groups is 1. The SMILES string of the molecule is O=C(C=Cc1ccccc1O[C@@H]1CCCN(C(=O)c2ccccc2)C1)NO. The first kappa shape index (κ1) is 18.7. The highest BCUT2D eigenvalue weighted by Crippen LogP contribution is 2.24. The van der Waals surface area contributed by atoms with Crippen LogP contribution in [0, 0.1) is 0 Å². The molecule has 2 N–H and O–H groups in total. The monoisotopic (exact) mass is 366 g/mol. The fourth-order valence-corrected chi connectivity index (χ4v) is 3.09. The van der Waals surface area contributed by atoms with Gasteiger partial charge in [-0.05, 0) is 37.1 Å². The second kappa shape index (κ2) is 9.00. The van der Waals surface area contributed by atoms with E-state index in [9.17, 15) is 9.59 Å². The second-order valence-electron chi connectivity index (χ2n) is 6.35. The molecule has 140 valence electrons. The van der Waals surface area contributed by atoms with Crippen LogP contribution in [-0.4, -0.2) is 41.1 Å². The third kappa shape index (κ3) is 4.95. The van der Waals surface area contributed by atoms with Gasteiger partial charge in [0.05, 0.1) is 6.54 Å².